The highest BCUT2D eigenvalue weighted by Crippen LogP contribution is 2.10. The Hall–Kier alpha value is -1.81. The van der Waals surface area contributed by atoms with E-state index in [0.29, 0.717) is 18.6 Å². The van der Waals surface area contributed by atoms with E-state index in [0.717, 1.165) is 0 Å². The molecule has 0 spiro atoms. The molecule has 4 atom stereocenters. The highest BCUT2D eigenvalue weighted by atomic mass is 32.2. The van der Waals surface area contributed by atoms with Gasteiger partial charge in [0, 0.05) is 0 Å². The summed E-state index contributed by atoms with van der Waals surface area (Å²) in [4.78, 5) is 49.8. The summed E-state index contributed by atoms with van der Waals surface area (Å²) < 4.78 is 0. The van der Waals surface area contributed by atoms with Gasteiger partial charge in [-0.2, -0.15) is 11.8 Å². The number of nitrogens with one attached hydrogen (secondary N) is 3. The van der Waals surface area contributed by atoms with E-state index in [1.807, 2.05) is 47.8 Å². The predicted molar refractivity (Wildman–Crippen MR) is 128 cm³/mol. The number of hydrogen-bond acceptors (Lipinski definition) is 6. The summed E-state index contributed by atoms with van der Waals surface area (Å²) in [5, 5.41) is 17.4. The zero-order chi connectivity index (χ0) is 25.0. The van der Waals surface area contributed by atoms with Gasteiger partial charge < -0.3 is 26.8 Å². The van der Waals surface area contributed by atoms with Crippen LogP contribution < -0.4 is 21.7 Å². The monoisotopic (exact) mass is 474 g/mol. The number of thioether (sulfide) groups is 1. The van der Waals surface area contributed by atoms with Gasteiger partial charge in [0.1, 0.15) is 18.1 Å². The summed E-state index contributed by atoms with van der Waals surface area (Å²) in [6, 6.07) is -3.54. The highest BCUT2D eigenvalue weighted by Gasteiger charge is 2.31. The molecule has 0 bridgehead atoms. The summed E-state index contributed by atoms with van der Waals surface area (Å²) >= 11 is 1.54. The van der Waals surface area contributed by atoms with E-state index in [1.54, 1.807) is 0 Å². The number of carbonyl (C=O) groups excluding carboxylic acids is 3. The Balaban J connectivity index is 5.47. The van der Waals surface area contributed by atoms with Crippen molar-refractivity contribution >= 4 is 35.5 Å². The predicted octanol–water partition coefficient (Wildman–Crippen LogP) is 1.35. The first-order valence-corrected chi connectivity index (χ1v) is 12.6. The number of amides is 3. The minimum atomic E-state index is -1.12. The quantitative estimate of drug-likeness (QED) is 0.240. The van der Waals surface area contributed by atoms with Gasteiger partial charge in [-0.05, 0) is 49.0 Å². The first-order chi connectivity index (χ1) is 14.8. The third-order valence-corrected chi connectivity index (χ3v) is 5.57. The summed E-state index contributed by atoms with van der Waals surface area (Å²) in [6.45, 7) is 11.2. The molecule has 10 heteroatoms. The van der Waals surface area contributed by atoms with E-state index in [4.69, 9.17) is 5.73 Å². The molecule has 0 aliphatic heterocycles. The minimum absolute atomic E-state index is 0.0749. The van der Waals surface area contributed by atoms with Crippen LogP contribution in [0.2, 0.25) is 0 Å². The van der Waals surface area contributed by atoms with Crippen molar-refractivity contribution in [3.8, 4) is 0 Å². The molecule has 0 aromatic carbocycles. The molecule has 0 aliphatic carbocycles. The molecular formula is C22H42N4O5S. The van der Waals surface area contributed by atoms with Crippen LogP contribution in [0.15, 0.2) is 0 Å². The number of aliphatic carboxylic acids is 1. The van der Waals surface area contributed by atoms with Crippen molar-refractivity contribution in [2.45, 2.75) is 85.0 Å². The van der Waals surface area contributed by atoms with Crippen LogP contribution in [0.1, 0.15) is 60.8 Å². The van der Waals surface area contributed by atoms with Gasteiger partial charge in [-0.15, -0.1) is 0 Å². The molecule has 0 aromatic heterocycles. The van der Waals surface area contributed by atoms with Crippen molar-refractivity contribution < 1.29 is 24.3 Å². The summed E-state index contributed by atoms with van der Waals surface area (Å²) in [5.41, 5.74) is 5.91. The molecular weight excluding hydrogens is 432 g/mol. The summed E-state index contributed by atoms with van der Waals surface area (Å²) in [7, 11) is 0. The van der Waals surface area contributed by atoms with Gasteiger partial charge >= 0.3 is 5.97 Å². The molecule has 3 amide bonds. The highest BCUT2D eigenvalue weighted by molar-refractivity contribution is 7.98. The number of nitrogens with two attached hydrogens (primary N) is 1. The molecule has 4 unspecified atom stereocenters. The van der Waals surface area contributed by atoms with Crippen LogP contribution in [0.3, 0.4) is 0 Å². The van der Waals surface area contributed by atoms with Crippen LogP contribution >= 0.6 is 11.8 Å². The van der Waals surface area contributed by atoms with Crippen molar-refractivity contribution in [1.29, 1.82) is 0 Å². The van der Waals surface area contributed by atoms with Gasteiger partial charge in [-0.3, -0.25) is 14.4 Å². The van der Waals surface area contributed by atoms with E-state index < -0.39 is 47.9 Å². The largest absolute Gasteiger partial charge is 0.480 e. The molecule has 0 saturated heterocycles. The normalized spacial score (nSPS) is 15.2. The lowest BCUT2D eigenvalue weighted by Gasteiger charge is -2.26. The maximum atomic E-state index is 13.0. The van der Waals surface area contributed by atoms with Crippen LogP contribution in [0, 0.1) is 17.8 Å². The summed E-state index contributed by atoms with van der Waals surface area (Å²) in [6.07, 6.45) is 2.89. The Bertz CT molecular complexity index is 627. The first kappa shape index (κ1) is 30.2. The molecule has 0 saturated carbocycles. The van der Waals surface area contributed by atoms with Crippen LogP contribution in [0.5, 0.6) is 0 Å². The van der Waals surface area contributed by atoms with Crippen molar-refractivity contribution in [3.63, 3.8) is 0 Å². The molecule has 0 aliphatic rings. The molecule has 0 aromatic rings. The van der Waals surface area contributed by atoms with Crippen molar-refractivity contribution in [2.75, 3.05) is 12.0 Å². The molecule has 9 nitrogen and oxygen atoms in total. The Labute approximate surface area is 196 Å². The second kappa shape index (κ2) is 15.1. The number of carboxylic acid groups (broad SMARTS) is 1. The van der Waals surface area contributed by atoms with Crippen molar-refractivity contribution in [2.24, 2.45) is 23.5 Å². The van der Waals surface area contributed by atoms with Crippen LogP contribution in [0.4, 0.5) is 0 Å². The SMILES string of the molecule is CSCCC(NC(=O)C(N)C(C)C)C(=O)NC(CC(C)C)C(=O)NC(CC(C)C)C(=O)O. The van der Waals surface area contributed by atoms with E-state index in [-0.39, 0.29) is 24.2 Å². The number of hydrogen-bond donors (Lipinski definition) is 5. The molecule has 0 rings (SSSR count). The molecule has 0 heterocycles. The van der Waals surface area contributed by atoms with Crippen LogP contribution in [0.25, 0.3) is 0 Å². The average Bonchev–Trinajstić information content (AvgIpc) is 2.68. The maximum Gasteiger partial charge on any atom is 0.326 e. The van der Waals surface area contributed by atoms with Gasteiger partial charge in [-0.25, -0.2) is 4.79 Å². The average molecular weight is 475 g/mol. The molecule has 6 N–H and O–H groups in total. The fraction of sp³-hybridized carbons (Fsp3) is 0.818. The molecule has 32 heavy (non-hydrogen) atoms. The zero-order valence-corrected chi connectivity index (χ0v) is 21.3. The topological polar surface area (TPSA) is 151 Å². The van der Waals surface area contributed by atoms with Crippen LogP contribution in [-0.4, -0.2) is 65.0 Å². The van der Waals surface area contributed by atoms with E-state index >= 15 is 0 Å². The third kappa shape index (κ3) is 11.7. The second-order valence-electron chi connectivity index (χ2n) is 9.33. The van der Waals surface area contributed by atoms with Crippen molar-refractivity contribution in [3.05, 3.63) is 0 Å². The van der Waals surface area contributed by atoms with Gasteiger partial charge in [0.25, 0.3) is 0 Å². The zero-order valence-electron chi connectivity index (χ0n) is 20.4. The first-order valence-electron chi connectivity index (χ1n) is 11.2. The Morgan fingerprint density at radius 1 is 0.781 bits per heavy atom. The lowest BCUT2D eigenvalue weighted by molar-refractivity contribution is -0.143. The van der Waals surface area contributed by atoms with Gasteiger partial charge in [-0.1, -0.05) is 41.5 Å². The van der Waals surface area contributed by atoms with Gasteiger partial charge in [0.05, 0.1) is 6.04 Å². The van der Waals surface area contributed by atoms with Gasteiger partial charge in [0.15, 0.2) is 0 Å². The lowest BCUT2D eigenvalue weighted by atomic mass is 10.00. The molecule has 0 radical (unpaired) electrons. The molecule has 186 valence electrons. The summed E-state index contributed by atoms with van der Waals surface area (Å²) in [5.74, 6) is -1.88. The standard InChI is InChI=1S/C22H42N4O5S/c1-12(2)10-16(20(28)26-17(22(30)31)11-13(3)4)25-19(27)15(8-9-32-7)24-21(29)18(23)14(5)6/h12-18H,8-11,23H2,1-7H3,(H,24,29)(H,25,27)(H,26,28)(H,30,31). The lowest BCUT2D eigenvalue weighted by Crippen LogP contribution is -2.58. The fourth-order valence-electron chi connectivity index (χ4n) is 3.02. The molecule has 0 fully saturated rings. The Morgan fingerprint density at radius 2 is 1.22 bits per heavy atom. The maximum absolute atomic E-state index is 13.0. The van der Waals surface area contributed by atoms with Gasteiger partial charge in [0.2, 0.25) is 17.7 Å². The van der Waals surface area contributed by atoms with Crippen LogP contribution in [-0.2, 0) is 19.2 Å². The number of carboxylic acids is 1. The fourth-order valence-corrected chi connectivity index (χ4v) is 3.49. The number of carbonyl (C=O) groups is 4. The smallest absolute Gasteiger partial charge is 0.326 e. The Kier molecular flexibility index (Phi) is 14.2. The minimum Gasteiger partial charge on any atom is -0.480 e. The van der Waals surface area contributed by atoms with Crippen molar-refractivity contribution in [1.82, 2.24) is 16.0 Å². The number of rotatable bonds is 15. The van der Waals surface area contributed by atoms with E-state index in [9.17, 15) is 24.3 Å². The Morgan fingerprint density at radius 3 is 1.66 bits per heavy atom. The third-order valence-electron chi connectivity index (χ3n) is 4.93. The second-order valence-corrected chi connectivity index (χ2v) is 10.3. The van der Waals surface area contributed by atoms with E-state index in [1.165, 1.54) is 11.8 Å². The van der Waals surface area contributed by atoms with E-state index in [2.05, 4.69) is 16.0 Å².